The minimum atomic E-state index is -3.14. The van der Waals surface area contributed by atoms with E-state index in [0.29, 0.717) is 25.9 Å². The Hall–Kier alpha value is -1.60. The average molecular weight is 339 g/mol. The maximum absolute atomic E-state index is 12.2. The van der Waals surface area contributed by atoms with Crippen LogP contribution in [0.15, 0.2) is 12.1 Å². The van der Waals surface area contributed by atoms with Crippen molar-refractivity contribution in [2.45, 2.75) is 39.7 Å². The molecule has 1 aromatic carbocycles. The normalized spacial score (nSPS) is 17.0. The van der Waals surface area contributed by atoms with Gasteiger partial charge in [-0.25, -0.2) is 17.5 Å². The molecule has 2 N–H and O–H groups in total. The van der Waals surface area contributed by atoms with Gasteiger partial charge in [-0.05, 0) is 44.7 Å². The maximum atomic E-state index is 12.2. The molecule has 0 aromatic heterocycles. The predicted molar refractivity (Wildman–Crippen MR) is 92.2 cm³/mol. The van der Waals surface area contributed by atoms with Crippen molar-refractivity contribution >= 4 is 21.7 Å². The van der Waals surface area contributed by atoms with Gasteiger partial charge in [0.25, 0.3) is 0 Å². The number of amides is 2. The van der Waals surface area contributed by atoms with Gasteiger partial charge in [0, 0.05) is 24.8 Å². The van der Waals surface area contributed by atoms with Crippen molar-refractivity contribution in [3.63, 3.8) is 0 Å². The van der Waals surface area contributed by atoms with Gasteiger partial charge in [-0.15, -0.1) is 0 Å². The third-order valence-corrected chi connectivity index (χ3v) is 5.48. The van der Waals surface area contributed by atoms with Gasteiger partial charge in [-0.2, -0.15) is 0 Å². The van der Waals surface area contributed by atoms with E-state index in [0.717, 1.165) is 16.8 Å². The van der Waals surface area contributed by atoms with Crippen LogP contribution in [-0.4, -0.2) is 44.1 Å². The molecule has 0 spiro atoms. The molecule has 1 aromatic rings. The highest BCUT2D eigenvalue weighted by Crippen LogP contribution is 2.22. The zero-order valence-corrected chi connectivity index (χ0v) is 15.0. The monoisotopic (exact) mass is 339 g/mol. The van der Waals surface area contributed by atoms with Crippen molar-refractivity contribution in [3.05, 3.63) is 28.8 Å². The number of hydrogen-bond acceptors (Lipinski definition) is 3. The highest BCUT2D eigenvalue weighted by molar-refractivity contribution is 7.88. The second kappa shape index (κ2) is 6.88. The van der Waals surface area contributed by atoms with Crippen LogP contribution < -0.4 is 10.6 Å². The molecule has 7 heteroatoms. The number of carbonyl (C=O) groups is 1. The smallest absolute Gasteiger partial charge is 0.319 e. The van der Waals surface area contributed by atoms with Crippen molar-refractivity contribution in [2.75, 3.05) is 24.7 Å². The van der Waals surface area contributed by atoms with Crippen LogP contribution in [0.25, 0.3) is 0 Å². The molecular weight excluding hydrogens is 314 g/mol. The quantitative estimate of drug-likeness (QED) is 0.886. The summed E-state index contributed by atoms with van der Waals surface area (Å²) in [6.07, 6.45) is 2.48. The number of carbonyl (C=O) groups excluding carboxylic acids is 1. The van der Waals surface area contributed by atoms with Gasteiger partial charge < -0.3 is 10.6 Å². The first-order chi connectivity index (χ1) is 10.7. The zero-order chi connectivity index (χ0) is 17.2. The molecule has 1 heterocycles. The Balaban J connectivity index is 1.92. The van der Waals surface area contributed by atoms with E-state index in [1.807, 2.05) is 32.9 Å². The summed E-state index contributed by atoms with van der Waals surface area (Å²) < 4.78 is 24.4. The number of sulfonamides is 1. The fourth-order valence-corrected chi connectivity index (χ4v) is 3.92. The number of piperidine rings is 1. The maximum Gasteiger partial charge on any atom is 0.319 e. The molecule has 0 atom stereocenters. The van der Waals surface area contributed by atoms with Crippen LogP contribution in [-0.2, 0) is 10.0 Å². The molecular formula is C16H25N3O3S. The molecule has 0 radical (unpaired) electrons. The Morgan fingerprint density at radius 1 is 1.13 bits per heavy atom. The second-order valence-corrected chi connectivity index (χ2v) is 8.29. The molecule has 0 aliphatic carbocycles. The number of hydrogen-bond donors (Lipinski definition) is 2. The lowest BCUT2D eigenvalue weighted by atomic mass is 10.1. The number of anilines is 1. The second-order valence-electron chi connectivity index (χ2n) is 6.31. The number of aryl methyl sites for hydroxylation is 3. The van der Waals surface area contributed by atoms with E-state index in [9.17, 15) is 13.2 Å². The summed E-state index contributed by atoms with van der Waals surface area (Å²) in [7, 11) is -3.14. The van der Waals surface area contributed by atoms with Crippen LogP contribution >= 0.6 is 0 Å². The minimum Gasteiger partial charge on any atom is -0.335 e. The summed E-state index contributed by atoms with van der Waals surface area (Å²) in [5, 5.41) is 5.85. The predicted octanol–water partition coefficient (Wildman–Crippen LogP) is 2.16. The van der Waals surface area contributed by atoms with E-state index in [4.69, 9.17) is 0 Å². The Bertz CT molecular complexity index is 670. The molecule has 0 unspecified atom stereocenters. The third kappa shape index (κ3) is 4.68. The van der Waals surface area contributed by atoms with Crippen molar-refractivity contribution in [2.24, 2.45) is 0 Å². The number of nitrogens with one attached hydrogen (secondary N) is 2. The standard InChI is InChI=1S/C16H25N3O3S/c1-11-9-12(2)15(13(3)10-11)18-16(20)17-14-5-7-19(8-6-14)23(4,21)22/h9-10,14H,5-8H2,1-4H3,(H2,17,18,20). The van der Waals surface area contributed by atoms with E-state index in [1.165, 1.54) is 16.1 Å². The first kappa shape index (κ1) is 17.7. The van der Waals surface area contributed by atoms with E-state index < -0.39 is 10.0 Å². The Morgan fingerprint density at radius 2 is 1.65 bits per heavy atom. The zero-order valence-electron chi connectivity index (χ0n) is 14.1. The largest absolute Gasteiger partial charge is 0.335 e. The highest BCUT2D eigenvalue weighted by atomic mass is 32.2. The Kier molecular flexibility index (Phi) is 5.31. The van der Waals surface area contributed by atoms with Crippen molar-refractivity contribution in [1.29, 1.82) is 0 Å². The number of urea groups is 1. The molecule has 0 saturated carbocycles. The van der Waals surface area contributed by atoms with Crippen LogP contribution in [0.3, 0.4) is 0 Å². The number of nitrogens with zero attached hydrogens (tertiary/aromatic N) is 1. The molecule has 1 fully saturated rings. The summed E-state index contributed by atoms with van der Waals surface area (Å²) in [4.78, 5) is 12.2. The number of rotatable bonds is 3. The fourth-order valence-electron chi connectivity index (χ4n) is 3.04. The van der Waals surface area contributed by atoms with Gasteiger partial charge in [0.15, 0.2) is 0 Å². The van der Waals surface area contributed by atoms with Crippen molar-refractivity contribution in [1.82, 2.24) is 9.62 Å². The van der Waals surface area contributed by atoms with Gasteiger partial charge in [-0.1, -0.05) is 17.7 Å². The topological polar surface area (TPSA) is 78.5 Å². The first-order valence-electron chi connectivity index (χ1n) is 7.77. The van der Waals surface area contributed by atoms with Gasteiger partial charge in [-0.3, -0.25) is 0 Å². The summed E-state index contributed by atoms with van der Waals surface area (Å²) in [5.41, 5.74) is 4.06. The lowest BCUT2D eigenvalue weighted by Gasteiger charge is -2.30. The lowest BCUT2D eigenvalue weighted by Crippen LogP contribution is -2.47. The molecule has 6 nitrogen and oxygen atoms in total. The van der Waals surface area contributed by atoms with Crippen molar-refractivity contribution in [3.8, 4) is 0 Å². The van der Waals surface area contributed by atoms with Crippen molar-refractivity contribution < 1.29 is 13.2 Å². The third-order valence-electron chi connectivity index (χ3n) is 4.17. The molecule has 0 bridgehead atoms. The summed E-state index contributed by atoms with van der Waals surface area (Å²) >= 11 is 0. The number of benzene rings is 1. The van der Waals surface area contributed by atoms with Crippen LogP contribution in [0, 0.1) is 20.8 Å². The first-order valence-corrected chi connectivity index (χ1v) is 9.62. The fraction of sp³-hybridized carbons (Fsp3) is 0.562. The summed E-state index contributed by atoms with van der Waals surface area (Å²) in [6, 6.07) is 3.83. The molecule has 1 saturated heterocycles. The molecule has 2 amide bonds. The van der Waals surface area contributed by atoms with Gasteiger partial charge in [0.2, 0.25) is 10.0 Å². The SMILES string of the molecule is Cc1cc(C)c(NC(=O)NC2CCN(S(C)(=O)=O)CC2)c(C)c1. The van der Waals surface area contributed by atoms with Crippen LogP contribution in [0.1, 0.15) is 29.5 Å². The average Bonchev–Trinajstić information content (AvgIpc) is 2.42. The molecule has 128 valence electrons. The van der Waals surface area contributed by atoms with E-state index in [1.54, 1.807) is 0 Å². The van der Waals surface area contributed by atoms with Gasteiger partial charge in [0.05, 0.1) is 6.26 Å². The molecule has 1 aliphatic rings. The molecule has 1 aliphatic heterocycles. The van der Waals surface area contributed by atoms with Gasteiger partial charge in [0.1, 0.15) is 0 Å². The highest BCUT2D eigenvalue weighted by Gasteiger charge is 2.25. The molecule has 2 rings (SSSR count). The van der Waals surface area contributed by atoms with Gasteiger partial charge >= 0.3 is 6.03 Å². The summed E-state index contributed by atoms with van der Waals surface area (Å²) in [5.74, 6) is 0. The van der Waals surface area contributed by atoms with E-state index in [-0.39, 0.29) is 12.1 Å². The van der Waals surface area contributed by atoms with Crippen LogP contribution in [0.2, 0.25) is 0 Å². The lowest BCUT2D eigenvalue weighted by molar-refractivity contribution is 0.238. The van der Waals surface area contributed by atoms with Crippen LogP contribution in [0.5, 0.6) is 0 Å². The Labute approximate surface area is 138 Å². The van der Waals surface area contributed by atoms with Crippen LogP contribution in [0.4, 0.5) is 10.5 Å². The minimum absolute atomic E-state index is 0.000870. The Morgan fingerprint density at radius 3 is 2.13 bits per heavy atom. The molecule has 23 heavy (non-hydrogen) atoms. The summed E-state index contributed by atoms with van der Waals surface area (Å²) in [6.45, 7) is 6.87. The van der Waals surface area contributed by atoms with E-state index >= 15 is 0 Å². The van der Waals surface area contributed by atoms with E-state index in [2.05, 4.69) is 10.6 Å².